The van der Waals surface area contributed by atoms with E-state index in [1.165, 1.54) is 16.7 Å². The molecular formula is C29H35N3O5S. The molecule has 0 aliphatic carbocycles. The molecule has 0 saturated carbocycles. The molecule has 0 bridgehead atoms. The Morgan fingerprint density at radius 1 is 1.16 bits per heavy atom. The topological polar surface area (TPSA) is 108 Å². The summed E-state index contributed by atoms with van der Waals surface area (Å²) < 4.78 is 5.18. The van der Waals surface area contributed by atoms with E-state index in [1.54, 1.807) is 0 Å². The second-order valence-corrected chi connectivity index (χ2v) is 11.4. The van der Waals surface area contributed by atoms with Gasteiger partial charge >= 0.3 is 0 Å². The first-order valence-electron chi connectivity index (χ1n) is 12.4. The highest BCUT2D eigenvalue weighted by atomic mass is 32.2. The number of carbonyl (C=O) groups is 3. The zero-order valence-corrected chi connectivity index (χ0v) is 23.0. The molecule has 9 heteroatoms. The van der Waals surface area contributed by atoms with Crippen molar-refractivity contribution >= 4 is 29.5 Å². The van der Waals surface area contributed by atoms with Gasteiger partial charge in [-0.05, 0) is 50.8 Å². The standard InChI is InChI=1S/C29H35N3O5S/c1-6-15-30-27(35)26-29(4,5)38-18-32(26)28(36)24(34)22(16-21-13-8-7-9-14-21)31-23(33)17-37-25-19(2)11-10-12-20(25)3/h1,7-14,22,24,26,34H,15-18H2,2-5H3,(H,30,35)(H,31,33). The number of para-hydroxylation sites is 1. The van der Waals surface area contributed by atoms with Crippen molar-refractivity contribution < 1.29 is 24.2 Å². The molecule has 38 heavy (non-hydrogen) atoms. The summed E-state index contributed by atoms with van der Waals surface area (Å²) in [5, 5.41) is 16.7. The summed E-state index contributed by atoms with van der Waals surface area (Å²) in [6, 6.07) is 13.2. The maximum absolute atomic E-state index is 13.6. The van der Waals surface area contributed by atoms with E-state index in [4.69, 9.17) is 11.2 Å². The lowest BCUT2D eigenvalue weighted by Gasteiger charge is -2.33. The average molecular weight is 538 g/mol. The summed E-state index contributed by atoms with van der Waals surface area (Å²) in [5.74, 6) is 1.71. The first-order valence-corrected chi connectivity index (χ1v) is 13.4. The molecule has 1 saturated heterocycles. The molecule has 3 unspecified atom stereocenters. The van der Waals surface area contributed by atoms with Crippen LogP contribution in [0.15, 0.2) is 48.5 Å². The Hall–Kier alpha value is -3.48. The van der Waals surface area contributed by atoms with Gasteiger partial charge in [0.15, 0.2) is 12.7 Å². The molecule has 202 valence electrons. The van der Waals surface area contributed by atoms with E-state index >= 15 is 0 Å². The third-order valence-electron chi connectivity index (χ3n) is 6.48. The van der Waals surface area contributed by atoms with E-state index < -0.39 is 34.7 Å². The minimum absolute atomic E-state index is 0.0354. The van der Waals surface area contributed by atoms with Gasteiger partial charge in [-0.3, -0.25) is 14.4 Å². The zero-order valence-electron chi connectivity index (χ0n) is 22.2. The average Bonchev–Trinajstić information content (AvgIpc) is 3.21. The van der Waals surface area contributed by atoms with Crippen LogP contribution in [0.25, 0.3) is 0 Å². The SMILES string of the molecule is C#CCNC(=O)C1N(C(=O)C(O)C(Cc2ccccc2)NC(=O)COc2c(C)cccc2C)CSC1(C)C. The molecule has 0 spiro atoms. The molecule has 1 aliphatic heterocycles. The molecule has 1 aliphatic rings. The molecule has 3 atom stereocenters. The summed E-state index contributed by atoms with van der Waals surface area (Å²) in [6.45, 7) is 7.28. The highest BCUT2D eigenvalue weighted by molar-refractivity contribution is 8.00. The van der Waals surface area contributed by atoms with Gasteiger partial charge in [0, 0.05) is 4.75 Å². The summed E-state index contributed by atoms with van der Waals surface area (Å²) in [7, 11) is 0. The number of ether oxygens (including phenoxy) is 1. The number of benzene rings is 2. The van der Waals surface area contributed by atoms with Crippen LogP contribution in [0.1, 0.15) is 30.5 Å². The number of rotatable bonds is 10. The van der Waals surface area contributed by atoms with Gasteiger partial charge in [0.25, 0.3) is 11.8 Å². The molecule has 3 N–H and O–H groups in total. The number of thioether (sulfide) groups is 1. The van der Waals surface area contributed by atoms with E-state index in [9.17, 15) is 19.5 Å². The minimum Gasteiger partial charge on any atom is -0.483 e. The van der Waals surface area contributed by atoms with E-state index in [1.807, 2.05) is 76.2 Å². The van der Waals surface area contributed by atoms with Crippen molar-refractivity contribution in [3.05, 3.63) is 65.2 Å². The van der Waals surface area contributed by atoms with Crippen molar-refractivity contribution in [3.8, 4) is 18.1 Å². The number of hydrogen-bond acceptors (Lipinski definition) is 6. The van der Waals surface area contributed by atoms with Crippen molar-refractivity contribution in [2.45, 2.75) is 57.1 Å². The summed E-state index contributed by atoms with van der Waals surface area (Å²) in [6.07, 6.45) is 3.91. The van der Waals surface area contributed by atoms with Gasteiger partial charge in [-0.2, -0.15) is 0 Å². The summed E-state index contributed by atoms with van der Waals surface area (Å²) >= 11 is 1.44. The van der Waals surface area contributed by atoms with Crippen molar-refractivity contribution in [2.24, 2.45) is 0 Å². The fourth-order valence-corrected chi connectivity index (χ4v) is 5.65. The summed E-state index contributed by atoms with van der Waals surface area (Å²) in [4.78, 5) is 40.7. The fraction of sp³-hybridized carbons (Fsp3) is 0.414. The highest BCUT2D eigenvalue weighted by Crippen LogP contribution is 2.39. The largest absolute Gasteiger partial charge is 0.483 e. The Labute approximate surface area is 228 Å². The number of amides is 3. The lowest BCUT2D eigenvalue weighted by atomic mass is 9.97. The van der Waals surface area contributed by atoms with Crippen LogP contribution in [0, 0.1) is 26.2 Å². The van der Waals surface area contributed by atoms with Crippen LogP contribution in [0.4, 0.5) is 0 Å². The maximum Gasteiger partial charge on any atom is 0.258 e. The normalized spacial score (nSPS) is 17.7. The molecule has 1 fully saturated rings. The van der Waals surface area contributed by atoms with Gasteiger partial charge in [0.2, 0.25) is 5.91 Å². The van der Waals surface area contributed by atoms with Crippen LogP contribution in [-0.4, -0.2) is 69.7 Å². The molecule has 2 aromatic rings. The number of carbonyl (C=O) groups excluding carboxylic acids is 3. The molecule has 1 heterocycles. The van der Waals surface area contributed by atoms with E-state index in [-0.39, 0.29) is 31.4 Å². The number of hydrogen-bond donors (Lipinski definition) is 3. The van der Waals surface area contributed by atoms with Crippen LogP contribution in [0.5, 0.6) is 5.75 Å². The number of aliphatic hydroxyl groups excluding tert-OH is 1. The van der Waals surface area contributed by atoms with E-state index in [0.717, 1.165) is 16.7 Å². The van der Waals surface area contributed by atoms with Crippen molar-refractivity contribution in [2.75, 3.05) is 19.0 Å². The Bertz CT molecular complexity index is 1170. The lowest BCUT2D eigenvalue weighted by Crippen LogP contribution is -2.59. The van der Waals surface area contributed by atoms with Crippen LogP contribution in [0.2, 0.25) is 0 Å². The predicted molar refractivity (Wildman–Crippen MR) is 149 cm³/mol. The molecule has 3 amide bonds. The van der Waals surface area contributed by atoms with Gasteiger partial charge in [0.05, 0.1) is 18.5 Å². The molecular weight excluding hydrogens is 502 g/mol. The van der Waals surface area contributed by atoms with Gasteiger partial charge in [-0.25, -0.2) is 0 Å². The Morgan fingerprint density at radius 2 is 1.82 bits per heavy atom. The zero-order chi connectivity index (χ0) is 27.9. The van der Waals surface area contributed by atoms with Crippen LogP contribution >= 0.6 is 11.8 Å². The number of nitrogens with zero attached hydrogens (tertiary/aromatic N) is 1. The highest BCUT2D eigenvalue weighted by Gasteiger charge is 2.49. The molecule has 0 radical (unpaired) electrons. The van der Waals surface area contributed by atoms with Gasteiger partial charge < -0.3 is 25.4 Å². The number of aliphatic hydroxyl groups is 1. The van der Waals surface area contributed by atoms with E-state index in [2.05, 4.69) is 16.6 Å². The fourth-order valence-electron chi connectivity index (χ4n) is 4.51. The van der Waals surface area contributed by atoms with Crippen molar-refractivity contribution in [1.82, 2.24) is 15.5 Å². The predicted octanol–water partition coefficient (Wildman–Crippen LogP) is 2.20. The quantitative estimate of drug-likeness (QED) is 0.401. The first-order chi connectivity index (χ1) is 18.0. The Kier molecular flexibility index (Phi) is 9.84. The van der Waals surface area contributed by atoms with Crippen LogP contribution in [-0.2, 0) is 20.8 Å². The monoisotopic (exact) mass is 537 g/mol. The van der Waals surface area contributed by atoms with Gasteiger partial charge in [-0.1, -0.05) is 54.5 Å². The second-order valence-electron chi connectivity index (χ2n) is 9.83. The number of terminal acetylenes is 1. The van der Waals surface area contributed by atoms with Gasteiger partial charge in [0.1, 0.15) is 11.8 Å². The number of aryl methyl sites for hydroxylation is 2. The molecule has 3 rings (SSSR count). The van der Waals surface area contributed by atoms with Gasteiger partial charge in [-0.15, -0.1) is 18.2 Å². The molecule has 2 aromatic carbocycles. The molecule has 8 nitrogen and oxygen atoms in total. The van der Waals surface area contributed by atoms with E-state index in [0.29, 0.717) is 5.75 Å². The van der Waals surface area contributed by atoms with Crippen LogP contribution in [0.3, 0.4) is 0 Å². The number of nitrogens with one attached hydrogen (secondary N) is 2. The Balaban J connectivity index is 1.78. The Morgan fingerprint density at radius 3 is 2.45 bits per heavy atom. The van der Waals surface area contributed by atoms with Crippen molar-refractivity contribution in [3.63, 3.8) is 0 Å². The summed E-state index contributed by atoms with van der Waals surface area (Å²) in [5.41, 5.74) is 2.63. The first kappa shape index (κ1) is 29.1. The molecule has 0 aromatic heterocycles. The van der Waals surface area contributed by atoms with Crippen molar-refractivity contribution in [1.29, 1.82) is 0 Å². The maximum atomic E-state index is 13.6. The smallest absolute Gasteiger partial charge is 0.258 e. The minimum atomic E-state index is -1.59. The lowest BCUT2D eigenvalue weighted by molar-refractivity contribution is -0.147. The third-order valence-corrected chi connectivity index (χ3v) is 7.85. The third kappa shape index (κ3) is 7.09. The second kappa shape index (κ2) is 12.9. The van der Waals surface area contributed by atoms with Crippen LogP contribution < -0.4 is 15.4 Å².